The summed E-state index contributed by atoms with van der Waals surface area (Å²) in [7, 11) is 0. The predicted octanol–water partition coefficient (Wildman–Crippen LogP) is 0.910. The summed E-state index contributed by atoms with van der Waals surface area (Å²) in [5, 5.41) is 8.92. The Kier molecular flexibility index (Phi) is 3.07. The van der Waals surface area contributed by atoms with Gasteiger partial charge in [0.2, 0.25) is 0 Å². The van der Waals surface area contributed by atoms with Gasteiger partial charge < -0.3 is 15.4 Å². The minimum atomic E-state index is -0.0747. The molecule has 2 heterocycles. The van der Waals surface area contributed by atoms with Crippen molar-refractivity contribution in [2.45, 2.75) is 45.2 Å². The van der Waals surface area contributed by atoms with E-state index in [1.807, 2.05) is 6.92 Å². The molecule has 84 valence electrons. The smallest absolute Gasteiger partial charge is 0.109 e. The van der Waals surface area contributed by atoms with Crippen LogP contribution in [0.5, 0.6) is 0 Å². The van der Waals surface area contributed by atoms with Gasteiger partial charge in [0.25, 0.3) is 0 Å². The van der Waals surface area contributed by atoms with Crippen molar-refractivity contribution in [3.05, 3.63) is 17.2 Å². The Morgan fingerprint density at radius 3 is 3.07 bits per heavy atom. The van der Waals surface area contributed by atoms with Crippen LogP contribution in [0, 0.1) is 6.92 Å². The fourth-order valence-electron chi connectivity index (χ4n) is 2.38. The molecule has 0 saturated heterocycles. The monoisotopic (exact) mass is 209 g/mol. The summed E-state index contributed by atoms with van der Waals surface area (Å²) >= 11 is 0. The third kappa shape index (κ3) is 1.92. The summed E-state index contributed by atoms with van der Waals surface area (Å²) < 4.78 is 2.25. The molecule has 1 atom stereocenters. The largest absolute Gasteiger partial charge is 0.396 e. The van der Waals surface area contributed by atoms with Crippen LogP contribution in [0.2, 0.25) is 0 Å². The standard InChI is InChI=1S/C11H19N3O/c1-8-11(9(12)5-7-15)14-6-3-2-4-10(14)13-8/h9,15H,2-7,12H2,1H3. The average Bonchev–Trinajstić information content (AvgIpc) is 2.54. The lowest BCUT2D eigenvalue weighted by Crippen LogP contribution is -2.20. The first-order chi connectivity index (χ1) is 7.24. The van der Waals surface area contributed by atoms with Crippen LogP contribution < -0.4 is 5.73 Å². The average molecular weight is 209 g/mol. The van der Waals surface area contributed by atoms with Crippen molar-refractivity contribution < 1.29 is 5.11 Å². The van der Waals surface area contributed by atoms with Gasteiger partial charge in [-0.25, -0.2) is 4.98 Å². The molecule has 0 spiro atoms. The maximum atomic E-state index is 8.92. The molecular weight excluding hydrogens is 190 g/mol. The molecular formula is C11H19N3O. The van der Waals surface area contributed by atoms with E-state index in [2.05, 4.69) is 9.55 Å². The van der Waals surface area contributed by atoms with Crippen molar-refractivity contribution in [3.63, 3.8) is 0 Å². The van der Waals surface area contributed by atoms with Gasteiger partial charge in [-0.3, -0.25) is 0 Å². The number of aryl methyl sites for hydroxylation is 2. The molecule has 0 fully saturated rings. The molecule has 4 heteroatoms. The van der Waals surface area contributed by atoms with Crippen molar-refractivity contribution in [2.75, 3.05) is 6.61 Å². The van der Waals surface area contributed by atoms with Crippen molar-refractivity contribution in [1.29, 1.82) is 0 Å². The summed E-state index contributed by atoms with van der Waals surface area (Å²) in [6.45, 7) is 3.18. The lowest BCUT2D eigenvalue weighted by atomic mass is 10.1. The fraction of sp³-hybridized carbons (Fsp3) is 0.727. The fourth-order valence-corrected chi connectivity index (χ4v) is 2.38. The zero-order valence-corrected chi connectivity index (χ0v) is 9.24. The Bertz CT molecular complexity index is 346. The van der Waals surface area contributed by atoms with Gasteiger partial charge >= 0.3 is 0 Å². The van der Waals surface area contributed by atoms with Crippen LogP contribution >= 0.6 is 0 Å². The molecule has 1 aromatic rings. The molecule has 0 aromatic carbocycles. The van der Waals surface area contributed by atoms with Crippen molar-refractivity contribution >= 4 is 0 Å². The molecule has 2 rings (SSSR count). The van der Waals surface area contributed by atoms with Crippen LogP contribution in [0.1, 0.15) is 42.5 Å². The van der Waals surface area contributed by atoms with E-state index >= 15 is 0 Å². The topological polar surface area (TPSA) is 64.1 Å². The second-order valence-corrected chi connectivity index (χ2v) is 4.23. The molecule has 1 aliphatic heterocycles. The Labute approximate surface area is 90.1 Å². The van der Waals surface area contributed by atoms with E-state index in [0.29, 0.717) is 6.42 Å². The highest BCUT2D eigenvalue weighted by Crippen LogP contribution is 2.24. The van der Waals surface area contributed by atoms with E-state index in [4.69, 9.17) is 10.8 Å². The molecule has 1 unspecified atom stereocenters. The lowest BCUT2D eigenvalue weighted by molar-refractivity contribution is 0.273. The third-order valence-electron chi connectivity index (χ3n) is 3.09. The van der Waals surface area contributed by atoms with Gasteiger partial charge in [0, 0.05) is 25.6 Å². The van der Waals surface area contributed by atoms with Crippen LogP contribution in [0.4, 0.5) is 0 Å². The first-order valence-corrected chi connectivity index (χ1v) is 5.66. The normalized spacial score (nSPS) is 17.5. The van der Waals surface area contributed by atoms with Crippen LogP contribution in [0.15, 0.2) is 0 Å². The van der Waals surface area contributed by atoms with Crippen LogP contribution in [-0.4, -0.2) is 21.3 Å². The molecule has 0 radical (unpaired) electrons. The number of imidazole rings is 1. The Hall–Kier alpha value is -0.870. The minimum absolute atomic E-state index is 0.0747. The SMILES string of the molecule is Cc1nc2n(c1C(N)CCO)CCCC2. The van der Waals surface area contributed by atoms with Crippen molar-refractivity contribution in [1.82, 2.24) is 9.55 Å². The molecule has 0 aliphatic carbocycles. The molecule has 0 saturated carbocycles. The number of hydrogen-bond acceptors (Lipinski definition) is 3. The van der Waals surface area contributed by atoms with Gasteiger partial charge in [-0.2, -0.15) is 0 Å². The first kappa shape index (κ1) is 10.6. The molecule has 3 N–H and O–H groups in total. The van der Waals surface area contributed by atoms with Gasteiger partial charge in [0.05, 0.1) is 11.4 Å². The number of nitrogens with two attached hydrogens (primary N) is 1. The second-order valence-electron chi connectivity index (χ2n) is 4.23. The summed E-state index contributed by atoms with van der Waals surface area (Å²) in [6, 6.07) is -0.0747. The van der Waals surface area contributed by atoms with Crippen LogP contribution in [-0.2, 0) is 13.0 Å². The van der Waals surface area contributed by atoms with Gasteiger partial charge in [-0.05, 0) is 26.2 Å². The lowest BCUT2D eigenvalue weighted by Gasteiger charge is -2.19. The quantitative estimate of drug-likeness (QED) is 0.777. The highest BCUT2D eigenvalue weighted by Gasteiger charge is 2.21. The summed E-state index contributed by atoms with van der Waals surface area (Å²) in [4.78, 5) is 4.56. The van der Waals surface area contributed by atoms with Gasteiger partial charge in [-0.1, -0.05) is 0 Å². The Morgan fingerprint density at radius 1 is 1.53 bits per heavy atom. The maximum absolute atomic E-state index is 8.92. The number of aromatic nitrogens is 2. The molecule has 15 heavy (non-hydrogen) atoms. The minimum Gasteiger partial charge on any atom is -0.396 e. The highest BCUT2D eigenvalue weighted by atomic mass is 16.3. The molecule has 0 amide bonds. The first-order valence-electron chi connectivity index (χ1n) is 5.66. The van der Waals surface area contributed by atoms with E-state index < -0.39 is 0 Å². The molecule has 1 aliphatic rings. The van der Waals surface area contributed by atoms with Gasteiger partial charge in [0.15, 0.2) is 0 Å². The van der Waals surface area contributed by atoms with Gasteiger partial charge in [-0.15, -0.1) is 0 Å². The van der Waals surface area contributed by atoms with Gasteiger partial charge in [0.1, 0.15) is 5.82 Å². The molecule has 4 nitrogen and oxygen atoms in total. The van der Waals surface area contributed by atoms with E-state index in [0.717, 1.165) is 24.4 Å². The van der Waals surface area contributed by atoms with E-state index in [1.54, 1.807) is 0 Å². The van der Waals surface area contributed by atoms with E-state index in [-0.39, 0.29) is 12.6 Å². The second kappa shape index (κ2) is 4.33. The highest BCUT2D eigenvalue weighted by molar-refractivity contribution is 5.20. The number of rotatable bonds is 3. The van der Waals surface area contributed by atoms with Crippen molar-refractivity contribution in [3.8, 4) is 0 Å². The summed E-state index contributed by atoms with van der Waals surface area (Å²) in [5.41, 5.74) is 8.21. The summed E-state index contributed by atoms with van der Waals surface area (Å²) in [5.74, 6) is 1.17. The predicted molar refractivity (Wildman–Crippen MR) is 58.5 cm³/mol. The zero-order valence-electron chi connectivity index (χ0n) is 9.24. The maximum Gasteiger partial charge on any atom is 0.109 e. The Balaban J connectivity index is 2.32. The number of aliphatic hydroxyl groups is 1. The van der Waals surface area contributed by atoms with E-state index in [9.17, 15) is 0 Å². The Morgan fingerprint density at radius 2 is 2.33 bits per heavy atom. The van der Waals surface area contributed by atoms with E-state index in [1.165, 1.54) is 18.7 Å². The number of hydrogen-bond donors (Lipinski definition) is 2. The number of fused-ring (bicyclic) bond motifs is 1. The number of aliphatic hydroxyl groups excluding tert-OH is 1. The third-order valence-corrected chi connectivity index (χ3v) is 3.09. The number of nitrogens with zero attached hydrogens (tertiary/aromatic N) is 2. The van der Waals surface area contributed by atoms with Crippen LogP contribution in [0.3, 0.4) is 0 Å². The van der Waals surface area contributed by atoms with Crippen molar-refractivity contribution in [2.24, 2.45) is 5.73 Å². The zero-order chi connectivity index (χ0) is 10.8. The molecule has 1 aromatic heterocycles. The summed E-state index contributed by atoms with van der Waals surface area (Å²) in [6.07, 6.45) is 4.12. The molecule has 0 bridgehead atoms. The van der Waals surface area contributed by atoms with Crippen LogP contribution in [0.25, 0.3) is 0 Å².